The van der Waals surface area contributed by atoms with Crippen LogP contribution in [0, 0.1) is 12.3 Å². The van der Waals surface area contributed by atoms with Crippen LogP contribution < -0.4 is 0 Å². The quantitative estimate of drug-likeness (QED) is 0.268. The maximum absolute atomic E-state index is 13.3. The molecule has 1 spiro atoms. The van der Waals surface area contributed by atoms with Gasteiger partial charge in [-0.1, -0.05) is 72.6 Å². The second kappa shape index (κ2) is 8.75. The number of nitrogens with zero attached hydrogens (tertiary/aromatic N) is 1. The number of pyridine rings is 1. The Morgan fingerprint density at radius 2 is 1.62 bits per heavy atom. The molecule has 2 aromatic rings. The molecule has 1 saturated carbocycles. The molecule has 39 heavy (non-hydrogen) atoms. The summed E-state index contributed by atoms with van der Waals surface area (Å²) in [5, 5.41) is 11.5. The average molecular weight is 592 g/mol. The lowest BCUT2D eigenvalue weighted by Crippen LogP contribution is -2.46. The molecule has 1 unspecified atom stereocenters. The van der Waals surface area contributed by atoms with Gasteiger partial charge in [0.1, 0.15) is 11.0 Å². The summed E-state index contributed by atoms with van der Waals surface area (Å²) < 4.78 is 73.5. The van der Waals surface area contributed by atoms with Crippen LogP contribution in [0.2, 0.25) is 18.1 Å². The Balaban J connectivity index is 1.85. The van der Waals surface area contributed by atoms with Crippen LogP contribution in [0.15, 0.2) is 29.2 Å². The van der Waals surface area contributed by atoms with E-state index in [-0.39, 0.29) is 28.0 Å². The van der Waals surface area contributed by atoms with E-state index in [1.807, 2.05) is 20.8 Å². The number of hydrogen-bond acceptors (Lipinski definition) is 3. The summed E-state index contributed by atoms with van der Waals surface area (Å²) in [5.41, 5.74) is 4.26. The Morgan fingerprint density at radius 1 is 1.05 bits per heavy atom. The molecule has 0 bridgehead atoms. The zero-order chi connectivity index (χ0) is 29.5. The Hall–Kier alpha value is -1.49. The number of benzene rings is 1. The molecule has 3 nitrogen and oxygen atoms in total. The van der Waals surface area contributed by atoms with E-state index in [2.05, 4.69) is 33.9 Å². The lowest BCUT2D eigenvalue weighted by Gasteiger charge is -2.56. The highest BCUT2D eigenvalue weighted by atomic mass is 32.5. The van der Waals surface area contributed by atoms with Gasteiger partial charge in [-0.25, -0.2) is 0 Å². The second-order valence-electron chi connectivity index (χ2n) is 13.6. The molecule has 10 heteroatoms. The molecule has 2 aliphatic carbocycles. The number of rotatable bonds is 6. The topological polar surface area (TPSA) is 42.4 Å². The summed E-state index contributed by atoms with van der Waals surface area (Å²) in [6.45, 7) is 16.9. The number of aliphatic hydroxyl groups excluding tert-OH is 1. The van der Waals surface area contributed by atoms with Gasteiger partial charge >= 0.3 is 10.2 Å². The minimum atomic E-state index is -9.81. The summed E-state index contributed by atoms with van der Waals surface area (Å²) in [5.74, 6) is -0.0679. The van der Waals surface area contributed by atoms with E-state index < -0.39 is 29.5 Å². The van der Waals surface area contributed by atoms with Gasteiger partial charge in [-0.2, -0.15) is 0 Å². The molecule has 1 aromatic carbocycles. The van der Waals surface area contributed by atoms with Gasteiger partial charge in [-0.3, -0.25) is 4.98 Å². The van der Waals surface area contributed by atoms with Crippen LogP contribution in [-0.4, -0.2) is 18.4 Å². The van der Waals surface area contributed by atoms with E-state index in [0.717, 1.165) is 54.6 Å². The third-order valence-corrected chi connectivity index (χ3v) is 14.9. The minimum Gasteiger partial charge on any atom is -0.559 e. The van der Waals surface area contributed by atoms with Gasteiger partial charge in [0.15, 0.2) is 0 Å². The van der Waals surface area contributed by atoms with Crippen molar-refractivity contribution in [3.8, 4) is 0 Å². The Labute approximate surface area is 230 Å². The fourth-order valence-corrected chi connectivity index (χ4v) is 7.77. The van der Waals surface area contributed by atoms with Crippen LogP contribution in [0.1, 0.15) is 112 Å². The van der Waals surface area contributed by atoms with Crippen molar-refractivity contribution in [1.82, 2.24) is 4.98 Å². The maximum Gasteiger partial charge on any atom is 0.310 e. The molecule has 2 aliphatic rings. The molecule has 0 saturated heterocycles. The normalized spacial score (nSPS) is 22.2. The second-order valence-corrected chi connectivity index (χ2v) is 20.8. The van der Waals surface area contributed by atoms with Gasteiger partial charge in [-0.15, -0.1) is 18.1 Å². The Kier molecular flexibility index (Phi) is 6.84. The largest absolute Gasteiger partial charge is 0.559 e. The first-order valence-electron chi connectivity index (χ1n) is 13.7. The summed E-state index contributed by atoms with van der Waals surface area (Å²) in [4.78, 5) is 3.13. The van der Waals surface area contributed by atoms with Crippen molar-refractivity contribution in [2.45, 2.75) is 115 Å². The predicted molar refractivity (Wildman–Crippen MR) is 151 cm³/mol. The summed E-state index contributed by atoms with van der Waals surface area (Å²) in [6.07, 6.45) is 3.66. The van der Waals surface area contributed by atoms with E-state index in [1.54, 1.807) is 0 Å². The van der Waals surface area contributed by atoms with E-state index in [9.17, 15) is 24.5 Å². The lowest BCUT2D eigenvalue weighted by atomic mass is 9.59. The average Bonchev–Trinajstić information content (AvgIpc) is 2.74. The highest BCUT2D eigenvalue weighted by Gasteiger charge is 2.65. The van der Waals surface area contributed by atoms with Gasteiger partial charge in [0.25, 0.3) is 0 Å². The smallest absolute Gasteiger partial charge is 0.310 e. The van der Waals surface area contributed by atoms with Crippen molar-refractivity contribution >= 4 is 18.5 Å². The third-order valence-electron chi connectivity index (χ3n) is 9.25. The van der Waals surface area contributed by atoms with E-state index in [1.165, 1.54) is 6.42 Å². The zero-order valence-corrected chi connectivity index (χ0v) is 26.0. The molecule has 221 valence electrons. The molecule has 0 aliphatic heterocycles. The number of fused-ring (bicyclic) bond motifs is 1. The Morgan fingerprint density at radius 3 is 2.05 bits per heavy atom. The maximum atomic E-state index is 13.3. The van der Waals surface area contributed by atoms with E-state index in [0.29, 0.717) is 23.4 Å². The van der Waals surface area contributed by atoms with Crippen LogP contribution in [0.4, 0.5) is 19.4 Å². The van der Waals surface area contributed by atoms with Gasteiger partial charge in [0.2, 0.25) is 0 Å². The summed E-state index contributed by atoms with van der Waals surface area (Å²) >= 11 is 0. The molecule has 1 aromatic heterocycles. The van der Waals surface area contributed by atoms with Crippen LogP contribution in [0.3, 0.4) is 0 Å². The van der Waals surface area contributed by atoms with Crippen molar-refractivity contribution in [3.63, 3.8) is 0 Å². The van der Waals surface area contributed by atoms with Gasteiger partial charge < -0.3 is 9.53 Å². The monoisotopic (exact) mass is 591 g/mol. The first-order chi connectivity index (χ1) is 17.4. The first-order valence-corrected chi connectivity index (χ1v) is 18.5. The van der Waals surface area contributed by atoms with Crippen LogP contribution >= 0.6 is 10.2 Å². The van der Waals surface area contributed by atoms with Crippen molar-refractivity contribution in [2.75, 3.05) is 0 Å². The summed E-state index contributed by atoms with van der Waals surface area (Å²) in [7, 11) is -12.0. The SMILES string of the molecule is Cc1c2c(nc(C(C)C)c1[C@H](O)c1ccc(S(F)(F)(F)(F)F)cc1)CC1(CCC1)CC2O[Si-](C)(C)C(C)(C)C. The third kappa shape index (κ3) is 5.81. The van der Waals surface area contributed by atoms with E-state index in [4.69, 9.17) is 9.41 Å². The molecule has 1 heterocycles. The number of halogens is 5. The van der Waals surface area contributed by atoms with Crippen molar-refractivity contribution < 1.29 is 29.0 Å². The minimum absolute atomic E-state index is 0.0104. The van der Waals surface area contributed by atoms with Crippen LogP contribution in [0.5, 0.6) is 0 Å². The predicted octanol–water partition coefficient (Wildman–Crippen LogP) is 10.4. The molecule has 0 radical (unpaired) electrons. The fourth-order valence-electron chi connectivity index (χ4n) is 5.85. The highest BCUT2D eigenvalue weighted by molar-refractivity contribution is 8.45. The molecular weight excluding hydrogens is 549 g/mol. The number of aromatic nitrogens is 1. The number of aliphatic hydroxyl groups is 1. The first kappa shape index (κ1) is 30.5. The molecule has 1 fully saturated rings. The standard InChI is InChI=1S/C29H42F5NO2SSi/c1-18(2)26-25(27(36)20-10-12-21(13-11-20)38(30,31,32,33)34)19(3)24-22(35-26)16-29(14-9-15-29)17-23(24)37-39(7,8)28(4,5)6/h10-13,18,23,27,36H,9,14-17H2,1-8H3/q-1/t23?,27-/m1/s1. The van der Waals surface area contributed by atoms with Crippen LogP contribution in [0.25, 0.3) is 0 Å². The molecular formula is C29H42F5NO2SSi-. The highest BCUT2D eigenvalue weighted by Crippen LogP contribution is 3.02. The van der Waals surface area contributed by atoms with Gasteiger partial charge in [-0.05, 0) is 75.5 Å². The van der Waals surface area contributed by atoms with E-state index >= 15 is 0 Å². The van der Waals surface area contributed by atoms with Crippen molar-refractivity contribution in [3.05, 3.63) is 57.9 Å². The van der Waals surface area contributed by atoms with Gasteiger partial charge in [0.05, 0.1) is 0 Å². The van der Waals surface area contributed by atoms with Gasteiger partial charge in [0, 0.05) is 28.6 Å². The van der Waals surface area contributed by atoms with Crippen molar-refractivity contribution in [1.29, 1.82) is 0 Å². The zero-order valence-electron chi connectivity index (χ0n) is 24.2. The Bertz CT molecular complexity index is 1270. The molecule has 4 rings (SSSR count). The number of hydrogen-bond donors (Lipinski definition) is 1. The molecule has 1 N–H and O–H groups in total. The lowest BCUT2D eigenvalue weighted by molar-refractivity contribution is 0.0294. The molecule has 2 atom stereocenters. The fraction of sp³-hybridized carbons (Fsp3) is 0.621. The summed E-state index contributed by atoms with van der Waals surface area (Å²) in [6, 6.07) is 2.60. The molecule has 0 amide bonds. The van der Waals surface area contributed by atoms with Crippen LogP contribution in [-0.2, 0) is 10.8 Å². The van der Waals surface area contributed by atoms with Crippen molar-refractivity contribution in [2.24, 2.45) is 5.41 Å².